The largest absolute Gasteiger partial charge is 0.344 e. The van der Waals surface area contributed by atoms with Gasteiger partial charge in [0.1, 0.15) is 6.04 Å². The molecule has 0 aromatic carbocycles. The Hall–Kier alpha value is -1.06. The molecule has 4 heteroatoms. The van der Waals surface area contributed by atoms with Crippen molar-refractivity contribution in [2.45, 2.75) is 64.3 Å². The number of nitrogens with one attached hydrogen (secondary N) is 1. The van der Waals surface area contributed by atoms with Crippen molar-refractivity contribution in [3.8, 4) is 0 Å². The van der Waals surface area contributed by atoms with Gasteiger partial charge in [-0.25, -0.2) is 0 Å². The van der Waals surface area contributed by atoms with Gasteiger partial charge in [-0.3, -0.25) is 9.59 Å². The lowest BCUT2D eigenvalue weighted by atomic mass is 10.0. The first-order chi connectivity index (χ1) is 9.20. The van der Waals surface area contributed by atoms with E-state index in [0.29, 0.717) is 19.4 Å². The highest BCUT2D eigenvalue weighted by atomic mass is 16.2. The van der Waals surface area contributed by atoms with Crippen LogP contribution in [0.2, 0.25) is 0 Å². The van der Waals surface area contributed by atoms with Crippen molar-refractivity contribution in [2.75, 3.05) is 13.1 Å². The highest BCUT2D eigenvalue weighted by Gasteiger charge is 2.28. The van der Waals surface area contributed by atoms with Gasteiger partial charge in [0.15, 0.2) is 0 Å². The van der Waals surface area contributed by atoms with Gasteiger partial charge in [0, 0.05) is 19.5 Å². The zero-order valence-electron chi connectivity index (χ0n) is 12.0. The number of hydrogen-bond acceptors (Lipinski definition) is 2. The van der Waals surface area contributed by atoms with Crippen LogP contribution in [0.4, 0.5) is 0 Å². The third-order valence-corrected chi connectivity index (χ3v) is 4.48. The van der Waals surface area contributed by atoms with Crippen molar-refractivity contribution in [3.63, 3.8) is 0 Å². The normalized spacial score (nSPS) is 25.5. The van der Waals surface area contributed by atoms with Gasteiger partial charge >= 0.3 is 0 Å². The zero-order chi connectivity index (χ0) is 13.7. The number of carbonyl (C=O) groups excluding carboxylic acids is 2. The molecule has 1 unspecified atom stereocenters. The molecule has 2 amide bonds. The molecule has 1 saturated carbocycles. The second-order valence-corrected chi connectivity index (χ2v) is 5.90. The Bertz CT molecular complexity index is 324. The Morgan fingerprint density at radius 3 is 2.68 bits per heavy atom. The van der Waals surface area contributed by atoms with E-state index >= 15 is 0 Å². The van der Waals surface area contributed by atoms with Gasteiger partial charge in [-0.1, -0.05) is 32.6 Å². The maximum absolute atomic E-state index is 12.3. The average molecular weight is 266 g/mol. The third kappa shape index (κ3) is 3.95. The molecule has 0 bridgehead atoms. The van der Waals surface area contributed by atoms with E-state index in [1.54, 1.807) is 0 Å². The molecule has 2 rings (SSSR count). The number of amides is 2. The van der Waals surface area contributed by atoms with E-state index in [2.05, 4.69) is 5.32 Å². The van der Waals surface area contributed by atoms with Gasteiger partial charge < -0.3 is 10.2 Å². The Labute approximate surface area is 115 Å². The number of nitrogens with zero attached hydrogens (tertiary/aromatic N) is 1. The van der Waals surface area contributed by atoms with E-state index < -0.39 is 0 Å². The lowest BCUT2D eigenvalue weighted by Crippen LogP contribution is -2.44. The third-order valence-electron chi connectivity index (χ3n) is 4.48. The highest BCUT2D eigenvalue weighted by molar-refractivity contribution is 5.89. The first-order valence-corrected chi connectivity index (χ1v) is 7.79. The predicted octanol–water partition coefficient (Wildman–Crippen LogP) is 2.08. The summed E-state index contributed by atoms with van der Waals surface area (Å²) in [4.78, 5) is 25.7. The molecule has 1 atom stereocenters. The first kappa shape index (κ1) is 14.4. The summed E-state index contributed by atoms with van der Waals surface area (Å²) in [6.45, 7) is 3.36. The van der Waals surface area contributed by atoms with Crippen LogP contribution in [-0.2, 0) is 9.59 Å². The number of rotatable bonds is 5. The van der Waals surface area contributed by atoms with Crippen LogP contribution < -0.4 is 5.32 Å². The lowest BCUT2D eigenvalue weighted by molar-refractivity contribution is -0.133. The molecule has 1 heterocycles. The van der Waals surface area contributed by atoms with Gasteiger partial charge in [-0.2, -0.15) is 0 Å². The molecular formula is C15H26N2O2. The summed E-state index contributed by atoms with van der Waals surface area (Å²) in [5.41, 5.74) is 0. The Morgan fingerprint density at radius 2 is 2.00 bits per heavy atom. The van der Waals surface area contributed by atoms with Crippen LogP contribution in [-0.4, -0.2) is 35.8 Å². The molecule has 4 nitrogen and oxygen atoms in total. The van der Waals surface area contributed by atoms with E-state index in [1.807, 2.05) is 11.8 Å². The Kier molecular flexibility index (Phi) is 5.23. The van der Waals surface area contributed by atoms with Crippen molar-refractivity contribution < 1.29 is 9.59 Å². The van der Waals surface area contributed by atoms with Crippen molar-refractivity contribution in [2.24, 2.45) is 5.92 Å². The lowest BCUT2D eigenvalue weighted by Gasteiger charge is -2.24. The maximum Gasteiger partial charge on any atom is 0.245 e. The highest BCUT2D eigenvalue weighted by Crippen LogP contribution is 2.28. The molecule has 19 heavy (non-hydrogen) atoms. The summed E-state index contributed by atoms with van der Waals surface area (Å²) in [5, 5.41) is 2.81. The van der Waals surface area contributed by atoms with Crippen LogP contribution in [0.15, 0.2) is 0 Å². The summed E-state index contributed by atoms with van der Waals surface area (Å²) in [6.07, 6.45) is 8.95. The maximum atomic E-state index is 12.3. The van der Waals surface area contributed by atoms with Gasteiger partial charge in [-0.15, -0.1) is 0 Å². The van der Waals surface area contributed by atoms with Crippen LogP contribution in [0.3, 0.4) is 0 Å². The molecule has 1 aliphatic heterocycles. The average Bonchev–Trinajstić information content (AvgIpc) is 2.87. The molecule has 108 valence electrons. The molecule has 1 N–H and O–H groups in total. The van der Waals surface area contributed by atoms with Crippen molar-refractivity contribution in [1.29, 1.82) is 0 Å². The quantitative estimate of drug-likeness (QED) is 0.828. The van der Waals surface area contributed by atoms with Gasteiger partial charge in [0.25, 0.3) is 0 Å². The van der Waals surface area contributed by atoms with E-state index in [9.17, 15) is 9.59 Å². The van der Waals surface area contributed by atoms with Gasteiger partial charge in [-0.05, 0) is 25.2 Å². The molecular weight excluding hydrogens is 240 g/mol. The van der Waals surface area contributed by atoms with Gasteiger partial charge in [0.05, 0.1) is 0 Å². The molecule has 0 radical (unpaired) electrons. The summed E-state index contributed by atoms with van der Waals surface area (Å²) < 4.78 is 0. The number of hydrogen-bond donors (Lipinski definition) is 1. The first-order valence-electron chi connectivity index (χ1n) is 7.79. The van der Waals surface area contributed by atoms with Crippen LogP contribution in [0.25, 0.3) is 0 Å². The smallest absolute Gasteiger partial charge is 0.245 e. The Balaban J connectivity index is 1.80. The standard InChI is InChI=1S/C15H26N2O2/c1-2-13-15(19)17(11-9-14(18)16-13)10-5-8-12-6-3-4-7-12/h12-13H,2-11H2,1H3,(H,16,18). The summed E-state index contributed by atoms with van der Waals surface area (Å²) in [6, 6.07) is -0.304. The van der Waals surface area contributed by atoms with Crippen molar-refractivity contribution in [3.05, 3.63) is 0 Å². The molecule has 0 aromatic rings. The van der Waals surface area contributed by atoms with E-state index in [-0.39, 0.29) is 17.9 Å². The van der Waals surface area contributed by atoms with E-state index in [1.165, 1.54) is 32.1 Å². The van der Waals surface area contributed by atoms with Gasteiger partial charge in [0.2, 0.25) is 11.8 Å². The van der Waals surface area contributed by atoms with Crippen molar-refractivity contribution >= 4 is 11.8 Å². The summed E-state index contributed by atoms with van der Waals surface area (Å²) in [7, 11) is 0. The molecule has 0 spiro atoms. The minimum absolute atomic E-state index is 0.0125. The second kappa shape index (κ2) is 6.92. The minimum atomic E-state index is -0.304. The fourth-order valence-corrected chi connectivity index (χ4v) is 3.26. The summed E-state index contributed by atoms with van der Waals surface area (Å²) >= 11 is 0. The SMILES string of the molecule is CCC1NC(=O)CCN(CCCC2CCCC2)C1=O. The predicted molar refractivity (Wildman–Crippen MR) is 74.6 cm³/mol. The van der Waals surface area contributed by atoms with Crippen LogP contribution >= 0.6 is 0 Å². The molecule has 1 saturated heterocycles. The molecule has 0 aromatic heterocycles. The van der Waals surface area contributed by atoms with Crippen LogP contribution in [0, 0.1) is 5.92 Å². The minimum Gasteiger partial charge on any atom is -0.344 e. The van der Waals surface area contributed by atoms with E-state index in [4.69, 9.17) is 0 Å². The number of carbonyl (C=O) groups is 2. The Morgan fingerprint density at radius 1 is 1.26 bits per heavy atom. The topological polar surface area (TPSA) is 49.4 Å². The van der Waals surface area contributed by atoms with E-state index in [0.717, 1.165) is 18.9 Å². The van der Waals surface area contributed by atoms with Crippen molar-refractivity contribution in [1.82, 2.24) is 10.2 Å². The molecule has 2 fully saturated rings. The fourth-order valence-electron chi connectivity index (χ4n) is 3.26. The van der Waals surface area contributed by atoms with Crippen LogP contribution in [0.1, 0.15) is 58.3 Å². The monoisotopic (exact) mass is 266 g/mol. The molecule has 1 aliphatic carbocycles. The second-order valence-electron chi connectivity index (χ2n) is 5.90. The zero-order valence-corrected chi connectivity index (χ0v) is 12.0. The summed E-state index contributed by atoms with van der Waals surface area (Å²) in [5.74, 6) is 1.00. The molecule has 2 aliphatic rings. The fraction of sp³-hybridized carbons (Fsp3) is 0.867. The van der Waals surface area contributed by atoms with Crippen LogP contribution in [0.5, 0.6) is 0 Å².